The number of hydrogen-bond acceptors (Lipinski definition) is 3. The van der Waals surface area contributed by atoms with Crippen LogP contribution in [-0.4, -0.2) is 15.3 Å². The van der Waals surface area contributed by atoms with Gasteiger partial charge in [-0.3, -0.25) is 9.57 Å². The molecule has 2 aromatic heterocycles. The normalized spacial score (nSPS) is 14.6. The zero-order valence-electron chi connectivity index (χ0n) is 17.3. The van der Waals surface area contributed by atoms with Crippen molar-refractivity contribution >= 4 is 21.6 Å². The monoisotopic (exact) mass is 453 g/mol. The van der Waals surface area contributed by atoms with E-state index in [-0.39, 0.29) is 11.3 Å². The molecular formula is C24H21F2N3O2S. The predicted molar refractivity (Wildman–Crippen MR) is 121 cm³/mol. The summed E-state index contributed by atoms with van der Waals surface area (Å²) in [6.07, 6.45) is 5.76. The second kappa shape index (κ2) is 8.02. The van der Waals surface area contributed by atoms with Gasteiger partial charge in [0.1, 0.15) is 17.1 Å². The fourth-order valence-corrected chi connectivity index (χ4v) is 5.23. The van der Waals surface area contributed by atoms with E-state index in [0.29, 0.717) is 28.1 Å². The van der Waals surface area contributed by atoms with Gasteiger partial charge in [-0.25, -0.2) is 8.78 Å². The first-order chi connectivity index (χ1) is 15.4. The first kappa shape index (κ1) is 20.6. The Bertz CT molecular complexity index is 1420. The van der Waals surface area contributed by atoms with Crippen molar-refractivity contribution < 1.29 is 13.5 Å². The number of hydrogen-bond donors (Lipinski definition) is 2. The summed E-state index contributed by atoms with van der Waals surface area (Å²) in [5, 5.41) is 0.710. The van der Waals surface area contributed by atoms with Crippen molar-refractivity contribution in [2.24, 2.45) is 13.0 Å². The van der Waals surface area contributed by atoms with Crippen molar-refractivity contribution in [1.82, 2.24) is 9.55 Å². The van der Waals surface area contributed by atoms with E-state index in [1.54, 1.807) is 25.5 Å². The molecule has 0 amide bonds. The Balaban J connectivity index is 1.67. The summed E-state index contributed by atoms with van der Waals surface area (Å²) in [6.45, 7) is 0. The van der Waals surface area contributed by atoms with Gasteiger partial charge in [0.05, 0.1) is 0 Å². The minimum atomic E-state index is -0.804. The van der Waals surface area contributed by atoms with Crippen LogP contribution >= 0.6 is 0 Å². The van der Waals surface area contributed by atoms with E-state index in [1.165, 1.54) is 23.5 Å². The number of fused-ring (bicyclic) bond motifs is 1. The molecule has 5 rings (SSSR count). The molecule has 0 saturated heterocycles. The lowest BCUT2D eigenvalue weighted by Crippen LogP contribution is -2.16. The molecular weight excluding hydrogens is 432 g/mol. The molecule has 2 N–H and O–H groups in total. The van der Waals surface area contributed by atoms with Crippen LogP contribution in [0, 0.1) is 22.3 Å². The van der Waals surface area contributed by atoms with Gasteiger partial charge in [-0.15, -0.1) is 0 Å². The summed E-state index contributed by atoms with van der Waals surface area (Å²) < 4.78 is 43.6. The number of benzene rings is 2. The molecule has 1 unspecified atom stereocenters. The maximum atomic E-state index is 14.3. The lowest BCUT2D eigenvalue weighted by molar-refractivity contribution is 0.439. The summed E-state index contributed by atoms with van der Waals surface area (Å²) in [4.78, 5) is 16.4. The molecule has 1 saturated carbocycles. The molecule has 5 nitrogen and oxygen atoms in total. The average Bonchev–Trinajstić information content (AvgIpc) is 3.44. The Labute approximate surface area is 185 Å². The van der Waals surface area contributed by atoms with Crippen molar-refractivity contribution in [3.8, 4) is 22.6 Å². The van der Waals surface area contributed by atoms with Crippen LogP contribution < -0.4 is 10.3 Å². The maximum Gasteiger partial charge on any atom is 0.274 e. The van der Waals surface area contributed by atoms with Crippen LogP contribution in [0.25, 0.3) is 22.0 Å². The molecule has 0 spiro atoms. The van der Waals surface area contributed by atoms with Crippen LogP contribution in [0.4, 0.5) is 8.78 Å². The summed E-state index contributed by atoms with van der Waals surface area (Å²) in [5.41, 5.74) is 1.67. The van der Waals surface area contributed by atoms with Gasteiger partial charge < -0.3 is 14.3 Å². The van der Waals surface area contributed by atoms with Gasteiger partial charge in [-0.1, -0.05) is 10.7 Å². The van der Waals surface area contributed by atoms with E-state index in [9.17, 15) is 13.6 Å². The fourth-order valence-electron chi connectivity index (χ4n) is 3.74. The number of halogens is 2. The molecule has 0 bridgehead atoms. The zero-order chi connectivity index (χ0) is 22.4. The van der Waals surface area contributed by atoms with Crippen LogP contribution in [-0.2, 0) is 17.7 Å². The Morgan fingerprint density at radius 2 is 1.91 bits per heavy atom. The number of aryl methyl sites for hydroxylation is 1. The smallest absolute Gasteiger partial charge is 0.274 e. The second-order valence-electron chi connectivity index (χ2n) is 8.06. The molecule has 1 aliphatic carbocycles. The third-order valence-electron chi connectivity index (χ3n) is 5.63. The summed E-state index contributed by atoms with van der Waals surface area (Å²) in [6, 6.07) is 10.4. The molecule has 0 aliphatic heterocycles. The predicted octanol–water partition coefficient (Wildman–Crippen LogP) is 5.75. The largest absolute Gasteiger partial charge is 0.454 e. The highest BCUT2D eigenvalue weighted by molar-refractivity contribution is 7.86. The highest BCUT2D eigenvalue weighted by Crippen LogP contribution is 2.39. The Hall–Kier alpha value is -3.26. The lowest BCUT2D eigenvalue weighted by atomic mass is 10.0. The SMILES string of the molecule is Cn1cc(-c2cc(S(=N)CC3CC3)ccc2Oc2ccc(F)cc2F)c2cc[nH]c2c1=O. The lowest BCUT2D eigenvalue weighted by Gasteiger charge is -2.16. The zero-order valence-corrected chi connectivity index (χ0v) is 18.1. The van der Waals surface area contributed by atoms with Gasteiger partial charge in [0.25, 0.3) is 5.56 Å². The van der Waals surface area contributed by atoms with Gasteiger partial charge in [-0.2, -0.15) is 0 Å². The van der Waals surface area contributed by atoms with Crippen LogP contribution in [0.5, 0.6) is 11.5 Å². The number of nitrogens with zero attached hydrogens (tertiary/aromatic N) is 1. The maximum absolute atomic E-state index is 14.3. The summed E-state index contributed by atoms with van der Waals surface area (Å²) >= 11 is 0. The van der Waals surface area contributed by atoms with Crippen molar-refractivity contribution in [2.75, 3.05) is 5.75 Å². The molecule has 0 radical (unpaired) electrons. The number of rotatable bonds is 6. The van der Waals surface area contributed by atoms with E-state index in [4.69, 9.17) is 9.52 Å². The number of ether oxygens (including phenoxy) is 1. The van der Waals surface area contributed by atoms with Crippen molar-refractivity contribution in [1.29, 1.82) is 4.78 Å². The third-order valence-corrected chi connectivity index (χ3v) is 7.26. The minimum absolute atomic E-state index is 0.0987. The van der Waals surface area contributed by atoms with Gasteiger partial charge in [0.15, 0.2) is 11.6 Å². The minimum Gasteiger partial charge on any atom is -0.454 e. The quantitative estimate of drug-likeness (QED) is 0.390. The Morgan fingerprint density at radius 1 is 1.12 bits per heavy atom. The van der Waals surface area contributed by atoms with E-state index < -0.39 is 22.3 Å². The highest BCUT2D eigenvalue weighted by Gasteiger charge is 2.24. The van der Waals surface area contributed by atoms with Crippen LogP contribution in [0.15, 0.2) is 64.5 Å². The van der Waals surface area contributed by atoms with Gasteiger partial charge in [-0.05, 0) is 55.2 Å². The number of nitrogens with one attached hydrogen (secondary N) is 2. The van der Waals surface area contributed by atoms with Crippen molar-refractivity contribution in [3.05, 3.63) is 76.8 Å². The van der Waals surface area contributed by atoms with Crippen LogP contribution in [0.1, 0.15) is 12.8 Å². The highest BCUT2D eigenvalue weighted by atomic mass is 32.2. The summed E-state index contributed by atoms with van der Waals surface area (Å²) in [7, 11) is 0.978. The van der Waals surface area contributed by atoms with E-state index in [0.717, 1.165) is 28.3 Å². The molecule has 1 atom stereocenters. The Morgan fingerprint density at radius 3 is 2.66 bits per heavy atom. The molecule has 2 heterocycles. The molecule has 2 aromatic carbocycles. The molecule has 8 heteroatoms. The third kappa shape index (κ3) is 3.86. The molecule has 1 fully saturated rings. The number of aromatic amines is 1. The van der Waals surface area contributed by atoms with Gasteiger partial charge in [0.2, 0.25) is 0 Å². The number of pyridine rings is 1. The number of H-pyrrole nitrogens is 1. The Kier molecular flexibility index (Phi) is 5.17. The average molecular weight is 454 g/mol. The van der Waals surface area contributed by atoms with Gasteiger partial charge in [0, 0.05) is 52.7 Å². The summed E-state index contributed by atoms with van der Waals surface area (Å²) in [5.74, 6) is 0.204. The molecule has 32 heavy (non-hydrogen) atoms. The van der Waals surface area contributed by atoms with E-state index >= 15 is 0 Å². The van der Waals surface area contributed by atoms with Crippen molar-refractivity contribution in [2.45, 2.75) is 17.7 Å². The first-order valence-electron chi connectivity index (χ1n) is 10.3. The topological polar surface area (TPSA) is 70.9 Å². The fraction of sp³-hybridized carbons (Fsp3) is 0.208. The van der Waals surface area contributed by atoms with Crippen LogP contribution in [0.3, 0.4) is 0 Å². The molecule has 1 aliphatic rings. The van der Waals surface area contributed by atoms with Crippen LogP contribution in [0.2, 0.25) is 0 Å². The standard InChI is InChI=1S/C24H21F2N3O2S/c1-29-12-19(17-8-9-28-23(17)24(29)30)18-11-16(32(27)13-14-2-3-14)5-7-21(18)31-22-6-4-15(25)10-20(22)26/h4-12,14,27-28H,2-3,13H2,1H3. The van der Waals surface area contributed by atoms with Crippen molar-refractivity contribution in [3.63, 3.8) is 0 Å². The first-order valence-corrected chi connectivity index (χ1v) is 11.7. The van der Waals surface area contributed by atoms with Gasteiger partial charge >= 0.3 is 0 Å². The number of aromatic nitrogens is 2. The van der Waals surface area contributed by atoms with E-state index in [2.05, 4.69) is 4.98 Å². The molecule has 164 valence electrons. The van der Waals surface area contributed by atoms with E-state index in [1.807, 2.05) is 18.2 Å². The molecule has 4 aromatic rings. The second-order valence-corrected chi connectivity index (χ2v) is 9.65.